The third-order valence-corrected chi connectivity index (χ3v) is 3.96. The topological polar surface area (TPSA) is 58.4 Å². The molecule has 0 spiro atoms. The smallest absolute Gasteiger partial charge is 0.245 e. The van der Waals surface area contributed by atoms with Gasteiger partial charge in [0.1, 0.15) is 6.04 Å². The van der Waals surface area contributed by atoms with Gasteiger partial charge < -0.3 is 14.6 Å². The zero-order valence-electron chi connectivity index (χ0n) is 11.6. The van der Waals surface area contributed by atoms with E-state index in [1.807, 2.05) is 35.8 Å². The molecule has 0 radical (unpaired) electrons. The number of hydrogen-bond acceptors (Lipinski definition) is 3. The van der Waals surface area contributed by atoms with Crippen molar-refractivity contribution < 1.29 is 9.90 Å². The van der Waals surface area contributed by atoms with Crippen molar-refractivity contribution in [1.82, 2.24) is 14.5 Å². The normalized spacial score (nSPS) is 21.1. The molecule has 1 aliphatic rings. The van der Waals surface area contributed by atoms with Crippen LogP contribution in [0.4, 0.5) is 0 Å². The maximum absolute atomic E-state index is 12.6. The van der Waals surface area contributed by atoms with E-state index in [9.17, 15) is 9.90 Å². The van der Waals surface area contributed by atoms with Crippen molar-refractivity contribution in [3.63, 3.8) is 0 Å². The highest BCUT2D eigenvalue weighted by atomic mass is 16.3. The molecule has 2 heterocycles. The molecule has 0 bridgehead atoms. The Morgan fingerprint density at radius 1 is 1.45 bits per heavy atom. The van der Waals surface area contributed by atoms with Crippen molar-refractivity contribution in [3.05, 3.63) is 30.6 Å². The molecule has 1 aromatic heterocycles. The van der Waals surface area contributed by atoms with Gasteiger partial charge in [0.05, 0.1) is 23.5 Å². The first kappa shape index (κ1) is 13.1. The molecule has 5 nitrogen and oxygen atoms in total. The van der Waals surface area contributed by atoms with Gasteiger partial charge in [-0.05, 0) is 31.9 Å². The number of benzene rings is 1. The first-order valence-electron chi connectivity index (χ1n) is 7.05. The van der Waals surface area contributed by atoms with Crippen molar-refractivity contribution in [2.24, 2.45) is 0 Å². The Balaban J connectivity index is 1.84. The molecule has 3 rings (SSSR count). The molecule has 1 saturated heterocycles. The summed E-state index contributed by atoms with van der Waals surface area (Å²) in [5.74, 6) is 0.0481. The third kappa shape index (κ3) is 2.29. The highest BCUT2D eigenvalue weighted by Gasteiger charge is 2.27. The highest BCUT2D eigenvalue weighted by Crippen LogP contribution is 2.20. The lowest BCUT2D eigenvalue weighted by atomic mass is 10.1. The van der Waals surface area contributed by atoms with Gasteiger partial charge in [-0.1, -0.05) is 12.1 Å². The van der Waals surface area contributed by atoms with E-state index in [1.165, 1.54) is 0 Å². The van der Waals surface area contributed by atoms with Crippen molar-refractivity contribution in [2.45, 2.75) is 31.9 Å². The minimum Gasteiger partial charge on any atom is -0.391 e. The Labute approximate surface area is 117 Å². The van der Waals surface area contributed by atoms with E-state index >= 15 is 0 Å². The van der Waals surface area contributed by atoms with E-state index in [4.69, 9.17) is 0 Å². The average molecular weight is 273 g/mol. The Hall–Kier alpha value is -1.88. The first-order chi connectivity index (χ1) is 9.66. The number of likely N-dealkylation sites (tertiary alicyclic amines) is 1. The van der Waals surface area contributed by atoms with Crippen LogP contribution in [0.2, 0.25) is 0 Å². The molecule has 1 unspecified atom stereocenters. The zero-order valence-corrected chi connectivity index (χ0v) is 11.6. The van der Waals surface area contributed by atoms with Gasteiger partial charge in [0.2, 0.25) is 5.91 Å². The molecule has 2 aromatic rings. The lowest BCUT2D eigenvalue weighted by Crippen LogP contribution is -2.44. The van der Waals surface area contributed by atoms with Gasteiger partial charge in [-0.3, -0.25) is 4.79 Å². The molecule has 2 atom stereocenters. The second-order valence-corrected chi connectivity index (χ2v) is 5.40. The standard InChI is InChI=1S/C15H19N3O2/c1-11(15(20)17-8-4-5-12(19)9-17)18-10-16-13-6-2-3-7-14(13)18/h2-3,6-7,10-12,19H,4-5,8-9H2,1H3/t11?,12-/m0/s1. The molecular weight excluding hydrogens is 254 g/mol. The van der Waals surface area contributed by atoms with Gasteiger partial charge in [-0.15, -0.1) is 0 Å². The second kappa shape index (κ2) is 5.25. The molecule has 20 heavy (non-hydrogen) atoms. The molecule has 1 aliphatic heterocycles. The van der Waals surface area contributed by atoms with Crippen LogP contribution in [0.5, 0.6) is 0 Å². The first-order valence-corrected chi connectivity index (χ1v) is 7.05. The fraction of sp³-hybridized carbons (Fsp3) is 0.467. The molecular formula is C15H19N3O2. The maximum atomic E-state index is 12.6. The van der Waals surface area contributed by atoms with Gasteiger partial charge in [-0.25, -0.2) is 4.98 Å². The molecule has 0 saturated carbocycles. The monoisotopic (exact) mass is 273 g/mol. The van der Waals surface area contributed by atoms with Gasteiger partial charge in [0.25, 0.3) is 0 Å². The number of nitrogens with zero attached hydrogens (tertiary/aromatic N) is 3. The molecule has 1 N–H and O–H groups in total. The van der Waals surface area contributed by atoms with Crippen LogP contribution in [-0.4, -0.2) is 44.7 Å². The van der Waals surface area contributed by atoms with Crippen molar-refractivity contribution in [2.75, 3.05) is 13.1 Å². The number of carbonyl (C=O) groups excluding carboxylic acids is 1. The summed E-state index contributed by atoms with van der Waals surface area (Å²) in [7, 11) is 0. The van der Waals surface area contributed by atoms with E-state index in [2.05, 4.69) is 4.98 Å². The summed E-state index contributed by atoms with van der Waals surface area (Å²) in [5, 5.41) is 9.70. The minimum atomic E-state index is -0.389. The lowest BCUT2D eigenvalue weighted by Gasteiger charge is -2.32. The number of fused-ring (bicyclic) bond motifs is 1. The molecule has 106 valence electrons. The van der Waals surface area contributed by atoms with E-state index in [0.29, 0.717) is 6.54 Å². The van der Waals surface area contributed by atoms with E-state index < -0.39 is 0 Å². The summed E-state index contributed by atoms with van der Waals surface area (Å²) in [6.07, 6.45) is 2.98. The van der Waals surface area contributed by atoms with E-state index in [0.717, 1.165) is 30.4 Å². The number of piperidine rings is 1. The quantitative estimate of drug-likeness (QED) is 0.903. The fourth-order valence-electron chi connectivity index (χ4n) is 2.83. The van der Waals surface area contributed by atoms with Crippen molar-refractivity contribution >= 4 is 16.9 Å². The third-order valence-electron chi connectivity index (χ3n) is 3.96. The summed E-state index contributed by atoms with van der Waals surface area (Å²) in [5.41, 5.74) is 1.86. The Morgan fingerprint density at radius 3 is 3.05 bits per heavy atom. The number of para-hydroxylation sites is 2. The van der Waals surface area contributed by atoms with E-state index in [-0.39, 0.29) is 18.1 Å². The average Bonchev–Trinajstić information content (AvgIpc) is 2.89. The molecule has 1 aromatic carbocycles. The number of carbonyl (C=O) groups is 1. The van der Waals surface area contributed by atoms with Crippen LogP contribution in [0.1, 0.15) is 25.8 Å². The maximum Gasteiger partial charge on any atom is 0.245 e. The Kier molecular flexibility index (Phi) is 3.44. The van der Waals surface area contributed by atoms with Crippen molar-refractivity contribution in [1.29, 1.82) is 0 Å². The van der Waals surface area contributed by atoms with Gasteiger partial charge in [0.15, 0.2) is 0 Å². The van der Waals surface area contributed by atoms with Gasteiger partial charge in [0, 0.05) is 13.1 Å². The van der Waals surface area contributed by atoms with Crippen LogP contribution >= 0.6 is 0 Å². The predicted octanol–water partition coefficient (Wildman–Crippen LogP) is 1.58. The summed E-state index contributed by atoms with van der Waals surface area (Å²) in [4.78, 5) is 18.6. The van der Waals surface area contributed by atoms with E-state index in [1.54, 1.807) is 11.2 Å². The number of aliphatic hydroxyl groups is 1. The molecule has 0 aliphatic carbocycles. The Bertz CT molecular complexity index is 622. The SMILES string of the molecule is CC(C(=O)N1CCC[C@H](O)C1)n1cnc2ccccc21. The summed E-state index contributed by atoms with van der Waals surface area (Å²) < 4.78 is 1.90. The zero-order chi connectivity index (χ0) is 14.1. The number of hydrogen-bond donors (Lipinski definition) is 1. The fourth-order valence-corrected chi connectivity index (χ4v) is 2.83. The second-order valence-electron chi connectivity index (χ2n) is 5.40. The van der Waals surface area contributed by atoms with Crippen LogP contribution in [0, 0.1) is 0 Å². The number of aliphatic hydroxyl groups excluding tert-OH is 1. The van der Waals surface area contributed by atoms with Gasteiger partial charge >= 0.3 is 0 Å². The predicted molar refractivity (Wildman–Crippen MR) is 76.3 cm³/mol. The number of aromatic nitrogens is 2. The largest absolute Gasteiger partial charge is 0.391 e. The van der Waals surface area contributed by atoms with Crippen LogP contribution in [0.15, 0.2) is 30.6 Å². The molecule has 1 amide bonds. The lowest BCUT2D eigenvalue weighted by molar-refractivity contribution is -0.137. The number of imidazole rings is 1. The number of rotatable bonds is 2. The van der Waals surface area contributed by atoms with Crippen molar-refractivity contribution in [3.8, 4) is 0 Å². The van der Waals surface area contributed by atoms with Crippen LogP contribution in [0.25, 0.3) is 11.0 Å². The summed E-state index contributed by atoms with van der Waals surface area (Å²) in [6, 6.07) is 7.49. The number of amides is 1. The van der Waals surface area contributed by atoms with Crippen LogP contribution in [0.3, 0.4) is 0 Å². The van der Waals surface area contributed by atoms with Crippen LogP contribution in [-0.2, 0) is 4.79 Å². The van der Waals surface area contributed by atoms with Gasteiger partial charge in [-0.2, -0.15) is 0 Å². The molecule has 1 fully saturated rings. The minimum absolute atomic E-state index is 0.0481. The molecule has 5 heteroatoms. The highest BCUT2D eigenvalue weighted by molar-refractivity contribution is 5.83. The summed E-state index contributed by atoms with van der Waals surface area (Å²) in [6.45, 7) is 3.06. The Morgan fingerprint density at radius 2 is 2.25 bits per heavy atom. The van der Waals surface area contributed by atoms with Crippen LogP contribution < -0.4 is 0 Å². The summed E-state index contributed by atoms with van der Waals surface area (Å²) >= 11 is 0. The number of β-amino-alcohol motifs (C(OH)–C–C–N with tert-alkyl or cyclic N) is 1.